The van der Waals surface area contributed by atoms with Crippen molar-refractivity contribution in [2.24, 2.45) is 5.73 Å². The zero-order chi connectivity index (χ0) is 11.4. The molecule has 86 valence electrons. The zero-order valence-electron chi connectivity index (χ0n) is 9.06. The van der Waals surface area contributed by atoms with E-state index in [0.29, 0.717) is 5.56 Å². The van der Waals surface area contributed by atoms with Crippen molar-refractivity contribution in [3.05, 3.63) is 29.6 Å². The van der Waals surface area contributed by atoms with E-state index >= 15 is 0 Å². The highest BCUT2D eigenvalue weighted by molar-refractivity contribution is 5.92. The molecule has 1 saturated heterocycles. The van der Waals surface area contributed by atoms with E-state index in [1.54, 1.807) is 6.07 Å². The van der Waals surface area contributed by atoms with E-state index < -0.39 is 5.91 Å². The number of nitrogens with zero attached hydrogens (tertiary/aromatic N) is 2. The average Bonchev–Trinajstić information content (AvgIpc) is 2.31. The summed E-state index contributed by atoms with van der Waals surface area (Å²) in [6, 6.07) is 3.56. The summed E-state index contributed by atoms with van der Waals surface area (Å²) in [4.78, 5) is 17.3. The highest BCUT2D eigenvalue weighted by atomic mass is 16.5. The Morgan fingerprint density at radius 3 is 2.75 bits per heavy atom. The zero-order valence-corrected chi connectivity index (χ0v) is 9.06. The minimum absolute atomic E-state index is 0.439. The Kier molecular flexibility index (Phi) is 3.48. The van der Waals surface area contributed by atoms with Crippen LogP contribution < -0.4 is 5.73 Å². The predicted molar refractivity (Wildman–Crippen MR) is 58.9 cm³/mol. The van der Waals surface area contributed by atoms with Crippen molar-refractivity contribution in [2.75, 3.05) is 26.3 Å². The van der Waals surface area contributed by atoms with E-state index in [-0.39, 0.29) is 0 Å². The van der Waals surface area contributed by atoms with Gasteiger partial charge in [-0.3, -0.25) is 14.7 Å². The first-order valence-corrected chi connectivity index (χ1v) is 5.30. The van der Waals surface area contributed by atoms with E-state index in [2.05, 4.69) is 9.88 Å². The van der Waals surface area contributed by atoms with Crippen LogP contribution in [0, 0.1) is 0 Å². The Balaban J connectivity index is 1.96. The number of primary amides is 1. The van der Waals surface area contributed by atoms with Crippen molar-refractivity contribution < 1.29 is 9.53 Å². The molecule has 2 N–H and O–H groups in total. The van der Waals surface area contributed by atoms with Crippen molar-refractivity contribution in [2.45, 2.75) is 6.54 Å². The summed E-state index contributed by atoms with van der Waals surface area (Å²) in [7, 11) is 0. The first kappa shape index (κ1) is 11.0. The van der Waals surface area contributed by atoms with Gasteiger partial charge in [-0.2, -0.15) is 0 Å². The van der Waals surface area contributed by atoms with E-state index in [1.165, 1.54) is 6.20 Å². The molecule has 1 aromatic heterocycles. The van der Waals surface area contributed by atoms with Crippen molar-refractivity contribution in [1.29, 1.82) is 0 Å². The molecule has 1 fully saturated rings. The lowest BCUT2D eigenvalue weighted by atomic mass is 10.2. The lowest BCUT2D eigenvalue weighted by Crippen LogP contribution is -2.35. The van der Waals surface area contributed by atoms with Crippen molar-refractivity contribution in [3.8, 4) is 0 Å². The second-order valence-corrected chi connectivity index (χ2v) is 3.79. The summed E-state index contributed by atoms with van der Waals surface area (Å²) in [6.45, 7) is 4.21. The monoisotopic (exact) mass is 221 g/mol. The molecule has 0 unspecified atom stereocenters. The molecular formula is C11H15N3O2. The number of hydrogen-bond acceptors (Lipinski definition) is 4. The first-order chi connectivity index (χ1) is 7.75. The average molecular weight is 221 g/mol. The summed E-state index contributed by atoms with van der Waals surface area (Å²) >= 11 is 0. The topological polar surface area (TPSA) is 68.5 Å². The highest BCUT2D eigenvalue weighted by Crippen LogP contribution is 2.05. The molecule has 0 atom stereocenters. The SMILES string of the molecule is NC(=O)c1ccc(CN2CCOCC2)nc1. The summed E-state index contributed by atoms with van der Waals surface area (Å²) < 4.78 is 5.26. The van der Waals surface area contributed by atoms with Crippen LogP contribution in [0.5, 0.6) is 0 Å². The largest absolute Gasteiger partial charge is 0.379 e. The summed E-state index contributed by atoms with van der Waals surface area (Å²) in [6.07, 6.45) is 1.53. The summed E-state index contributed by atoms with van der Waals surface area (Å²) in [5, 5.41) is 0. The smallest absolute Gasteiger partial charge is 0.250 e. The van der Waals surface area contributed by atoms with Crippen LogP contribution in [0.2, 0.25) is 0 Å². The van der Waals surface area contributed by atoms with Crippen LogP contribution in [-0.4, -0.2) is 42.1 Å². The van der Waals surface area contributed by atoms with Crippen molar-refractivity contribution in [1.82, 2.24) is 9.88 Å². The maximum absolute atomic E-state index is 10.9. The van der Waals surface area contributed by atoms with Gasteiger partial charge in [0.15, 0.2) is 0 Å². The van der Waals surface area contributed by atoms with Crippen LogP contribution in [0.3, 0.4) is 0 Å². The minimum Gasteiger partial charge on any atom is -0.379 e. The molecular weight excluding hydrogens is 206 g/mol. The van der Waals surface area contributed by atoms with Crippen LogP contribution in [0.25, 0.3) is 0 Å². The summed E-state index contributed by atoms with van der Waals surface area (Å²) in [5.41, 5.74) is 6.54. The lowest BCUT2D eigenvalue weighted by molar-refractivity contribution is 0.0336. The number of aromatic nitrogens is 1. The quantitative estimate of drug-likeness (QED) is 0.780. The molecule has 5 heteroatoms. The fraction of sp³-hybridized carbons (Fsp3) is 0.455. The second kappa shape index (κ2) is 5.05. The Morgan fingerprint density at radius 1 is 1.44 bits per heavy atom. The number of amides is 1. The van der Waals surface area contributed by atoms with Crippen LogP contribution in [-0.2, 0) is 11.3 Å². The van der Waals surface area contributed by atoms with Gasteiger partial charge in [0.2, 0.25) is 5.91 Å². The third-order valence-electron chi connectivity index (χ3n) is 2.60. The number of morpholine rings is 1. The van der Waals surface area contributed by atoms with Gasteiger partial charge in [-0.1, -0.05) is 0 Å². The van der Waals surface area contributed by atoms with Crippen molar-refractivity contribution >= 4 is 5.91 Å². The Hall–Kier alpha value is -1.46. The molecule has 2 rings (SSSR count). The summed E-state index contributed by atoms with van der Waals surface area (Å²) in [5.74, 6) is -0.439. The molecule has 0 radical (unpaired) electrons. The molecule has 1 aliphatic heterocycles. The van der Waals surface area contributed by atoms with Crippen LogP contribution >= 0.6 is 0 Å². The number of ether oxygens (including phenoxy) is 1. The number of nitrogens with two attached hydrogens (primary N) is 1. The molecule has 0 spiro atoms. The standard InChI is InChI=1S/C11H15N3O2/c12-11(15)9-1-2-10(13-7-9)8-14-3-5-16-6-4-14/h1-2,7H,3-6,8H2,(H2,12,15). The molecule has 0 aromatic carbocycles. The normalized spacial score (nSPS) is 17.2. The lowest BCUT2D eigenvalue weighted by Gasteiger charge is -2.26. The minimum atomic E-state index is -0.439. The molecule has 16 heavy (non-hydrogen) atoms. The number of carbonyl (C=O) groups is 1. The van der Waals surface area contributed by atoms with Gasteiger partial charge in [0.05, 0.1) is 24.5 Å². The molecule has 2 heterocycles. The molecule has 0 saturated carbocycles. The van der Waals surface area contributed by atoms with Gasteiger partial charge in [-0.15, -0.1) is 0 Å². The number of rotatable bonds is 3. The second-order valence-electron chi connectivity index (χ2n) is 3.79. The van der Waals surface area contributed by atoms with E-state index in [4.69, 9.17) is 10.5 Å². The Morgan fingerprint density at radius 2 is 2.19 bits per heavy atom. The molecule has 5 nitrogen and oxygen atoms in total. The van der Waals surface area contributed by atoms with Gasteiger partial charge in [0, 0.05) is 25.8 Å². The molecule has 1 aromatic rings. The van der Waals surface area contributed by atoms with E-state index in [1.807, 2.05) is 6.07 Å². The third-order valence-corrected chi connectivity index (χ3v) is 2.60. The van der Waals surface area contributed by atoms with E-state index in [0.717, 1.165) is 38.5 Å². The van der Waals surface area contributed by atoms with Gasteiger partial charge < -0.3 is 10.5 Å². The molecule has 1 aliphatic rings. The van der Waals surface area contributed by atoms with Crippen LogP contribution in [0.1, 0.15) is 16.1 Å². The van der Waals surface area contributed by atoms with Crippen LogP contribution in [0.15, 0.2) is 18.3 Å². The molecule has 0 bridgehead atoms. The maximum atomic E-state index is 10.9. The van der Waals surface area contributed by atoms with E-state index in [9.17, 15) is 4.79 Å². The number of pyridine rings is 1. The van der Waals surface area contributed by atoms with Gasteiger partial charge in [-0.25, -0.2) is 0 Å². The predicted octanol–water partition coefficient (Wildman–Crippen LogP) is 0.0127. The first-order valence-electron chi connectivity index (χ1n) is 5.30. The van der Waals surface area contributed by atoms with Gasteiger partial charge in [-0.05, 0) is 12.1 Å². The maximum Gasteiger partial charge on any atom is 0.250 e. The van der Waals surface area contributed by atoms with Crippen molar-refractivity contribution in [3.63, 3.8) is 0 Å². The highest BCUT2D eigenvalue weighted by Gasteiger charge is 2.11. The Labute approximate surface area is 94.2 Å². The fourth-order valence-electron chi connectivity index (χ4n) is 1.65. The molecule has 1 amide bonds. The fourth-order valence-corrected chi connectivity index (χ4v) is 1.65. The van der Waals surface area contributed by atoms with Crippen LogP contribution in [0.4, 0.5) is 0 Å². The number of carbonyl (C=O) groups excluding carboxylic acids is 1. The molecule has 0 aliphatic carbocycles. The van der Waals surface area contributed by atoms with Gasteiger partial charge >= 0.3 is 0 Å². The third kappa shape index (κ3) is 2.77. The Bertz CT molecular complexity index is 358. The number of hydrogen-bond donors (Lipinski definition) is 1. The van der Waals surface area contributed by atoms with Gasteiger partial charge in [0.1, 0.15) is 0 Å². The van der Waals surface area contributed by atoms with Gasteiger partial charge in [0.25, 0.3) is 0 Å².